The lowest BCUT2D eigenvalue weighted by Gasteiger charge is -2.58. The first-order chi connectivity index (χ1) is 18.8. The third kappa shape index (κ3) is 7.03. The van der Waals surface area contributed by atoms with Crippen LogP contribution in [0.1, 0.15) is 105 Å². The minimum absolute atomic E-state index is 0.0258. The highest BCUT2D eigenvalue weighted by atomic mass is 16.4. The maximum atomic E-state index is 10.2. The van der Waals surface area contributed by atoms with Crippen LogP contribution in [0, 0.1) is 46.3 Å². The maximum Gasteiger partial charge on any atom is 0.151 e. The Kier molecular flexibility index (Phi) is 11.9. The van der Waals surface area contributed by atoms with Crippen LogP contribution in [0.2, 0.25) is 0 Å². The SMILES string of the molecule is CC(C)CCC[C@@H](C)[C@H]1CC[C@H]2[C@@H]3CC=C4C[C@@H](O)CC[C@]4(C)[C@H]3CC[C@]12C.O=C[C@@H](O)[C@@H](O)[C@H](O)[C@H](O)CO. The molecule has 4 aliphatic carbocycles. The summed E-state index contributed by atoms with van der Waals surface area (Å²) in [6.07, 6.45) is 10.3. The molecule has 0 radical (unpaired) electrons. The van der Waals surface area contributed by atoms with Crippen LogP contribution in [0.3, 0.4) is 0 Å². The van der Waals surface area contributed by atoms with Gasteiger partial charge in [-0.25, -0.2) is 0 Å². The third-order valence-corrected chi connectivity index (χ3v) is 11.7. The van der Waals surface area contributed by atoms with Gasteiger partial charge in [-0.2, -0.15) is 0 Å². The maximum absolute atomic E-state index is 10.2. The highest BCUT2D eigenvalue weighted by molar-refractivity contribution is 5.56. The summed E-state index contributed by atoms with van der Waals surface area (Å²) < 4.78 is 0. The molecule has 3 saturated carbocycles. The van der Waals surface area contributed by atoms with Crippen molar-refractivity contribution >= 4 is 6.29 Å². The van der Waals surface area contributed by atoms with Crippen LogP contribution < -0.4 is 0 Å². The molecule has 0 aromatic heterocycles. The van der Waals surface area contributed by atoms with Crippen molar-refractivity contribution in [3.8, 4) is 0 Å². The van der Waals surface area contributed by atoms with E-state index in [1.807, 2.05) is 0 Å². The zero-order valence-corrected chi connectivity index (χ0v) is 25.6. The van der Waals surface area contributed by atoms with E-state index in [9.17, 15) is 9.90 Å². The Morgan fingerprint density at radius 2 is 1.65 bits per heavy atom. The van der Waals surface area contributed by atoms with Gasteiger partial charge in [0.2, 0.25) is 0 Å². The number of aliphatic hydroxyl groups excluding tert-OH is 6. The monoisotopic (exact) mass is 566 g/mol. The fourth-order valence-corrected chi connectivity index (χ4v) is 9.28. The molecule has 40 heavy (non-hydrogen) atoms. The summed E-state index contributed by atoms with van der Waals surface area (Å²) >= 11 is 0. The molecular formula is C33H58O7. The normalized spacial score (nSPS) is 38.9. The summed E-state index contributed by atoms with van der Waals surface area (Å²) in [4.78, 5) is 9.90. The second-order valence-electron chi connectivity index (χ2n) is 14.5. The van der Waals surface area contributed by atoms with Crippen LogP contribution >= 0.6 is 0 Å². The summed E-state index contributed by atoms with van der Waals surface area (Å²) in [5.41, 5.74) is 2.60. The Balaban J connectivity index is 0.000000312. The van der Waals surface area contributed by atoms with Crippen molar-refractivity contribution in [1.82, 2.24) is 0 Å². The van der Waals surface area contributed by atoms with Crippen molar-refractivity contribution in [1.29, 1.82) is 0 Å². The van der Waals surface area contributed by atoms with Crippen molar-refractivity contribution in [2.45, 2.75) is 136 Å². The lowest BCUT2D eigenvalue weighted by atomic mass is 9.47. The molecule has 0 bridgehead atoms. The van der Waals surface area contributed by atoms with Crippen molar-refractivity contribution < 1.29 is 35.4 Å². The van der Waals surface area contributed by atoms with Gasteiger partial charge in [-0.05, 0) is 97.7 Å². The van der Waals surface area contributed by atoms with E-state index in [2.05, 4.69) is 40.7 Å². The fourth-order valence-electron chi connectivity index (χ4n) is 9.28. The van der Waals surface area contributed by atoms with E-state index >= 15 is 0 Å². The Labute approximate surface area is 242 Å². The van der Waals surface area contributed by atoms with Crippen LogP contribution in [-0.2, 0) is 4.79 Å². The standard InChI is InChI=1S/C27H46O.C6H12O6/c1-18(2)7-6-8-19(3)23-11-12-24-22-10-9-20-17-21(28)13-15-26(20,4)25(22)14-16-27(23,24)5;7-1-3(9)5(11)6(12)4(10)2-8/h9,18-19,21-25,28H,6-8,10-17H2,1-5H3;1,3-6,8-12H,2H2/t19-,21+,22+,23-,24+,25+,26+,27-;3-,4-,5-,6-/m11/s1. The molecule has 12 atom stereocenters. The van der Waals surface area contributed by atoms with Crippen LogP contribution in [-0.4, -0.2) is 74.1 Å². The molecule has 0 aliphatic heterocycles. The minimum Gasteiger partial charge on any atom is -0.394 e. The van der Waals surface area contributed by atoms with Crippen LogP contribution in [0.25, 0.3) is 0 Å². The zero-order valence-electron chi connectivity index (χ0n) is 25.6. The number of rotatable bonds is 10. The van der Waals surface area contributed by atoms with Gasteiger partial charge in [0.15, 0.2) is 6.29 Å². The Bertz CT molecular complexity index is 845. The van der Waals surface area contributed by atoms with Crippen molar-refractivity contribution in [2.75, 3.05) is 6.61 Å². The predicted molar refractivity (Wildman–Crippen MR) is 156 cm³/mol. The Hall–Kier alpha value is -0.830. The van der Waals surface area contributed by atoms with E-state index in [0.29, 0.717) is 10.8 Å². The number of aldehydes is 1. The number of carbonyl (C=O) groups is 1. The highest BCUT2D eigenvalue weighted by Gasteiger charge is 2.59. The molecule has 6 N–H and O–H groups in total. The van der Waals surface area contributed by atoms with Gasteiger partial charge in [-0.15, -0.1) is 0 Å². The van der Waals surface area contributed by atoms with E-state index in [1.165, 1.54) is 57.8 Å². The van der Waals surface area contributed by atoms with Gasteiger partial charge in [0, 0.05) is 0 Å². The van der Waals surface area contributed by atoms with Crippen LogP contribution in [0.4, 0.5) is 0 Å². The number of carbonyl (C=O) groups excluding carboxylic acids is 1. The second kappa shape index (κ2) is 14.1. The molecule has 0 spiro atoms. The quantitative estimate of drug-likeness (QED) is 0.174. The molecule has 0 aromatic rings. The summed E-state index contributed by atoms with van der Waals surface area (Å²) in [6.45, 7) is 11.8. The molecule has 3 fully saturated rings. The second-order valence-corrected chi connectivity index (χ2v) is 14.5. The van der Waals surface area contributed by atoms with E-state index < -0.39 is 31.0 Å². The highest BCUT2D eigenvalue weighted by Crippen LogP contribution is 2.67. The molecule has 0 amide bonds. The molecule has 0 aromatic carbocycles. The van der Waals surface area contributed by atoms with E-state index in [1.54, 1.807) is 5.57 Å². The summed E-state index contributed by atoms with van der Waals surface area (Å²) in [5, 5.41) is 53.7. The van der Waals surface area contributed by atoms with E-state index in [-0.39, 0.29) is 12.4 Å². The van der Waals surface area contributed by atoms with E-state index in [4.69, 9.17) is 25.5 Å². The van der Waals surface area contributed by atoms with Gasteiger partial charge in [0.25, 0.3) is 0 Å². The Morgan fingerprint density at radius 1 is 0.950 bits per heavy atom. The third-order valence-electron chi connectivity index (χ3n) is 11.7. The first-order valence-corrected chi connectivity index (χ1v) is 16.0. The van der Waals surface area contributed by atoms with Crippen LogP contribution in [0.15, 0.2) is 11.6 Å². The number of hydrogen-bond acceptors (Lipinski definition) is 7. The average molecular weight is 567 g/mol. The smallest absolute Gasteiger partial charge is 0.151 e. The lowest BCUT2D eigenvalue weighted by Crippen LogP contribution is -2.50. The number of aliphatic hydroxyl groups is 6. The lowest BCUT2D eigenvalue weighted by molar-refractivity contribution is -0.136. The van der Waals surface area contributed by atoms with Crippen molar-refractivity contribution in [3.63, 3.8) is 0 Å². The summed E-state index contributed by atoms with van der Waals surface area (Å²) in [5.74, 6) is 5.46. The molecule has 0 unspecified atom stereocenters. The van der Waals surface area contributed by atoms with Gasteiger partial charge in [-0.1, -0.05) is 65.5 Å². The molecule has 7 nitrogen and oxygen atoms in total. The average Bonchev–Trinajstić information content (AvgIpc) is 3.29. The first-order valence-electron chi connectivity index (χ1n) is 16.0. The number of allylic oxidation sites excluding steroid dienone is 1. The molecule has 0 heterocycles. The van der Waals surface area contributed by atoms with Gasteiger partial charge >= 0.3 is 0 Å². The molecule has 0 saturated heterocycles. The zero-order chi connectivity index (χ0) is 29.8. The molecule has 7 heteroatoms. The van der Waals surface area contributed by atoms with Gasteiger partial charge in [0.1, 0.15) is 24.4 Å². The van der Waals surface area contributed by atoms with Crippen molar-refractivity contribution in [3.05, 3.63) is 11.6 Å². The van der Waals surface area contributed by atoms with Gasteiger partial charge in [0.05, 0.1) is 12.7 Å². The molecule has 4 aliphatic rings. The minimum atomic E-state index is -1.79. The fraction of sp³-hybridized carbons (Fsp3) is 0.909. The van der Waals surface area contributed by atoms with Gasteiger partial charge < -0.3 is 35.4 Å². The molecule has 232 valence electrons. The summed E-state index contributed by atoms with van der Waals surface area (Å²) in [7, 11) is 0. The molecule has 4 rings (SSSR count). The summed E-state index contributed by atoms with van der Waals surface area (Å²) in [6, 6.07) is 0. The number of hydrogen-bond donors (Lipinski definition) is 6. The number of fused-ring (bicyclic) bond motifs is 5. The van der Waals surface area contributed by atoms with Crippen LogP contribution in [0.5, 0.6) is 0 Å². The topological polar surface area (TPSA) is 138 Å². The predicted octanol–water partition coefficient (Wildman–Crippen LogP) is 4.01. The van der Waals surface area contributed by atoms with Crippen molar-refractivity contribution in [2.24, 2.45) is 46.3 Å². The largest absolute Gasteiger partial charge is 0.394 e. The Morgan fingerprint density at radius 3 is 2.27 bits per heavy atom. The van der Waals surface area contributed by atoms with E-state index in [0.717, 1.165) is 48.3 Å². The first kappa shape index (κ1) is 33.7. The van der Waals surface area contributed by atoms with Gasteiger partial charge in [-0.3, -0.25) is 0 Å². The molecular weight excluding hydrogens is 508 g/mol.